The molecule has 5 atom stereocenters. The van der Waals surface area contributed by atoms with Crippen LogP contribution in [-0.4, -0.2) is 64.7 Å². The van der Waals surface area contributed by atoms with Gasteiger partial charge in [-0.3, -0.25) is 19.4 Å². The Morgan fingerprint density at radius 1 is 0.800 bits per heavy atom. The monoisotopic (exact) mass is 689 g/mol. The summed E-state index contributed by atoms with van der Waals surface area (Å²) in [7, 11) is 0. The van der Waals surface area contributed by atoms with Crippen molar-refractivity contribution in [2.75, 3.05) is 6.54 Å². The van der Waals surface area contributed by atoms with E-state index < -0.39 is 42.1 Å². The molecule has 5 N–H and O–H groups in total. The van der Waals surface area contributed by atoms with Crippen LogP contribution in [0.5, 0.6) is 0 Å². The van der Waals surface area contributed by atoms with Gasteiger partial charge in [-0.05, 0) is 53.9 Å². The van der Waals surface area contributed by atoms with Crippen LogP contribution in [0.4, 0.5) is 4.79 Å². The molecule has 3 rings (SSSR count). The van der Waals surface area contributed by atoms with E-state index >= 15 is 0 Å². The molecular weight excluding hydrogens is 634 g/mol. The Hall–Kier alpha value is -4.51. The first kappa shape index (κ1) is 39.9. The number of aliphatic hydroxyl groups excluding tert-OH is 1. The minimum absolute atomic E-state index is 0.0206. The minimum atomic E-state index is -1.12. The predicted molar refractivity (Wildman–Crippen MR) is 195 cm³/mol. The number of nitrogens with zero attached hydrogens (tertiary/aromatic N) is 1. The third-order valence-electron chi connectivity index (χ3n) is 8.58. The van der Waals surface area contributed by atoms with E-state index in [4.69, 9.17) is 4.74 Å². The standard InChI is InChI=1S/C39H55N5O6/c1-7-27(6)23-41-36(46)22-35(45)32(19-25(2)3)42-37(47)33(20-26(4)5)43-38(48)34(44-39(49)50-24-28-13-9-8-10-14-28)21-29-15-11-17-31-30(29)16-12-18-40-31/h8-18,25-27,32-35,45H,7,19-24H2,1-6H3,(H,41,46)(H,42,47)(H,43,48)(H,44,49)/t27?,32?,33-,34-,35?/m0/s1. The minimum Gasteiger partial charge on any atom is -0.445 e. The van der Waals surface area contributed by atoms with Crippen LogP contribution in [-0.2, 0) is 32.1 Å². The Kier molecular flexibility index (Phi) is 16.2. The fourth-order valence-electron chi connectivity index (χ4n) is 5.60. The van der Waals surface area contributed by atoms with Gasteiger partial charge in [-0.2, -0.15) is 0 Å². The van der Waals surface area contributed by atoms with Gasteiger partial charge in [0.05, 0.1) is 24.1 Å². The van der Waals surface area contributed by atoms with Crippen molar-refractivity contribution < 1.29 is 29.0 Å². The number of amides is 4. The average molecular weight is 690 g/mol. The Morgan fingerprint density at radius 2 is 1.50 bits per heavy atom. The number of carbonyl (C=O) groups excluding carboxylic acids is 4. The lowest BCUT2D eigenvalue weighted by molar-refractivity contribution is -0.131. The predicted octanol–water partition coefficient (Wildman–Crippen LogP) is 5.05. The molecule has 0 saturated heterocycles. The summed E-state index contributed by atoms with van der Waals surface area (Å²) in [5.74, 6) is -0.877. The van der Waals surface area contributed by atoms with Crippen LogP contribution < -0.4 is 21.3 Å². The lowest BCUT2D eigenvalue weighted by atomic mass is 9.95. The van der Waals surface area contributed by atoms with E-state index in [1.165, 1.54) is 0 Å². The van der Waals surface area contributed by atoms with Crippen LogP contribution in [0.15, 0.2) is 66.9 Å². The summed E-state index contributed by atoms with van der Waals surface area (Å²) < 4.78 is 5.45. The number of aliphatic hydroxyl groups is 1. The second-order valence-corrected chi connectivity index (χ2v) is 14.0. The molecule has 2 aromatic carbocycles. The molecule has 272 valence electrons. The van der Waals surface area contributed by atoms with Gasteiger partial charge in [0.2, 0.25) is 17.7 Å². The fraction of sp³-hybridized carbons (Fsp3) is 0.513. The molecule has 50 heavy (non-hydrogen) atoms. The summed E-state index contributed by atoms with van der Waals surface area (Å²) in [4.78, 5) is 57.9. The van der Waals surface area contributed by atoms with Crippen molar-refractivity contribution in [1.82, 2.24) is 26.3 Å². The summed E-state index contributed by atoms with van der Waals surface area (Å²) in [6, 6.07) is 15.7. The number of pyridine rings is 1. The van der Waals surface area contributed by atoms with Crippen molar-refractivity contribution in [3.05, 3.63) is 78.0 Å². The van der Waals surface area contributed by atoms with E-state index in [2.05, 4.69) is 26.3 Å². The molecule has 4 amide bonds. The molecule has 0 radical (unpaired) electrons. The summed E-state index contributed by atoms with van der Waals surface area (Å²) in [5.41, 5.74) is 2.33. The van der Waals surface area contributed by atoms with E-state index in [9.17, 15) is 24.3 Å². The molecular formula is C39H55N5O6. The van der Waals surface area contributed by atoms with Crippen molar-refractivity contribution >= 4 is 34.7 Å². The Labute approximate surface area is 296 Å². The van der Waals surface area contributed by atoms with Crippen molar-refractivity contribution in [3.63, 3.8) is 0 Å². The first-order chi connectivity index (χ1) is 23.9. The number of aromatic nitrogens is 1. The number of alkyl carbamates (subject to hydrolysis) is 1. The lowest BCUT2D eigenvalue weighted by Crippen LogP contribution is -2.57. The van der Waals surface area contributed by atoms with Gasteiger partial charge >= 0.3 is 6.09 Å². The summed E-state index contributed by atoms with van der Waals surface area (Å²) >= 11 is 0. The number of rotatable bonds is 19. The SMILES string of the molecule is CCC(C)CNC(=O)CC(O)C(CC(C)C)NC(=O)[C@H](CC(C)C)NC(=O)[C@H](Cc1cccc2ncccc12)NC(=O)OCc1ccccc1. The largest absolute Gasteiger partial charge is 0.445 e. The van der Waals surface area contributed by atoms with Crippen molar-refractivity contribution in [2.45, 2.75) is 104 Å². The van der Waals surface area contributed by atoms with Gasteiger partial charge in [0.1, 0.15) is 18.7 Å². The maximum absolute atomic E-state index is 14.0. The van der Waals surface area contributed by atoms with E-state index in [0.29, 0.717) is 25.3 Å². The smallest absolute Gasteiger partial charge is 0.408 e. The normalized spacial score (nSPS) is 14.3. The second-order valence-electron chi connectivity index (χ2n) is 14.0. The number of hydrogen-bond donors (Lipinski definition) is 5. The molecule has 0 spiro atoms. The van der Waals surface area contributed by atoms with Crippen LogP contribution in [0.3, 0.4) is 0 Å². The third kappa shape index (κ3) is 13.4. The van der Waals surface area contributed by atoms with Crippen molar-refractivity contribution in [2.24, 2.45) is 17.8 Å². The summed E-state index contributed by atoms with van der Waals surface area (Å²) in [6.45, 7) is 12.4. The quantitative estimate of drug-likeness (QED) is 0.118. The lowest BCUT2D eigenvalue weighted by Gasteiger charge is -2.29. The van der Waals surface area contributed by atoms with Gasteiger partial charge < -0.3 is 31.1 Å². The first-order valence-electron chi connectivity index (χ1n) is 17.7. The molecule has 1 aromatic heterocycles. The molecule has 0 bridgehead atoms. The number of hydrogen-bond acceptors (Lipinski definition) is 7. The average Bonchev–Trinajstić information content (AvgIpc) is 3.08. The number of ether oxygens (including phenoxy) is 1. The number of nitrogens with one attached hydrogen (secondary N) is 4. The van der Waals surface area contributed by atoms with Crippen LogP contribution in [0, 0.1) is 17.8 Å². The molecule has 11 heteroatoms. The van der Waals surface area contributed by atoms with E-state index in [1.807, 2.05) is 102 Å². The van der Waals surface area contributed by atoms with E-state index in [0.717, 1.165) is 28.5 Å². The molecule has 0 fully saturated rings. The molecule has 1 heterocycles. The van der Waals surface area contributed by atoms with Crippen LogP contribution in [0.1, 0.15) is 78.4 Å². The highest BCUT2D eigenvalue weighted by Gasteiger charge is 2.32. The van der Waals surface area contributed by atoms with Gasteiger partial charge in [-0.25, -0.2) is 4.79 Å². The van der Waals surface area contributed by atoms with Gasteiger partial charge in [-0.15, -0.1) is 0 Å². The third-order valence-corrected chi connectivity index (χ3v) is 8.58. The molecule has 0 aliphatic carbocycles. The molecule has 3 unspecified atom stereocenters. The van der Waals surface area contributed by atoms with Crippen molar-refractivity contribution in [3.8, 4) is 0 Å². The highest BCUT2D eigenvalue weighted by molar-refractivity contribution is 5.92. The van der Waals surface area contributed by atoms with Gasteiger partial charge in [0.25, 0.3) is 0 Å². The molecule has 0 aliphatic rings. The van der Waals surface area contributed by atoms with Crippen LogP contribution in [0.2, 0.25) is 0 Å². The molecule has 0 saturated carbocycles. The highest BCUT2D eigenvalue weighted by atomic mass is 16.5. The molecule has 3 aromatic rings. The number of carbonyl (C=O) groups is 4. The molecule has 0 aliphatic heterocycles. The van der Waals surface area contributed by atoms with Gasteiger partial charge in [-0.1, -0.05) is 96.5 Å². The topological polar surface area (TPSA) is 159 Å². The zero-order valence-corrected chi connectivity index (χ0v) is 30.3. The maximum atomic E-state index is 14.0. The van der Waals surface area contributed by atoms with E-state index in [1.54, 1.807) is 6.20 Å². The fourth-order valence-corrected chi connectivity index (χ4v) is 5.60. The van der Waals surface area contributed by atoms with Crippen LogP contribution in [0.25, 0.3) is 10.9 Å². The van der Waals surface area contributed by atoms with Crippen LogP contribution >= 0.6 is 0 Å². The first-order valence-corrected chi connectivity index (χ1v) is 17.7. The zero-order valence-electron chi connectivity index (χ0n) is 30.3. The number of fused-ring (bicyclic) bond motifs is 1. The molecule has 11 nitrogen and oxygen atoms in total. The van der Waals surface area contributed by atoms with E-state index in [-0.39, 0.29) is 37.2 Å². The van der Waals surface area contributed by atoms with Gasteiger partial charge in [0, 0.05) is 24.5 Å². The second kappa shape index (κ2) is 20.2. The number of benzene rings is 2. The maximum Gasteiger partial charge on any atom is 0.408 e. The Morgan fingerprint density at radius 3 is 2.18 bits per heavy atom. The highest BCUT2D eigenvalue weighted by Crippen LogP contribution is 2.19. The van der Waals surface area contributed by atoms with Crippen molar-refractivity contribution in [1.29, 1.82) is 0 Å². The zero-order chi connectivity index (χ0) is 36.6. The Balaban J connectivity index is 1.80. The van der Waals surface area contributed by atoms with Gasteiger partial charge in [0.15, 0.2) is 0 Å². The summed E-state index contributed by atoms with van der Waals surface area (Å²) in [5, 5.41) is 23.3. The summed E-state index contributed by atoms with van der Waals surface area (Å²) in [6.07, 6.45) is 1.40. The Bertz CT molecular complexity index is 1530.